The van der Waals surface area contributed by atoms with Crippen LogP contribution in [0.5, 0.6) is 0 Å². The van der Waals surface area contributed by atoms with Crippen LogP contribution in [0, 0.1) is 0 Å². The smallest absolute Gasteiger partial charge is 0.0449 e. The highest BCUT2D eigenvalue weighted by Crippen LogP contribution is 2.23. The molecule has 102 valence electrons. The van der Waals surface area contributed by atoms with Crippen LogP contribution in [0.1, 0.15) is 26.3 Å². The van der Waals surface area contributed by atoms with Gasteiger partial charge in [-0.15, -0.1) is 0 Å². The van der Waals surface area contributed by atoms with Crippen LogP contribution in [0.25, 0.3) is 0 Å². The highest BCUT2D eigenvalue weighted by molar-refractivity contribution is 9.10. The molecule has 1 aromatic rings. The van der Waals surface area contributed by atoms with Gasteiger partial charge in [-0.2, -0.15) is 11.8 Å². The number of thioether (sulfide) groups is 1. The number of nitrogens with one attached hydrogen (secondary N) is 1. The van der Waals surface area contributed by atoms with Crippen molar-refractivity contribution >= 4 is 39.3 Å². The van der Waals surface area contributed by atoms with Crippen molar-refractivity contribution in [3.63, 3.8) is 0 Å². The van der Waals surface area contributed by atoms with E-state index in [1.54, 1.807) is 0 Å². The second-order valence-electron chi connectivity index (χ2n) is 4.58. The molecule has 0 amide bonds. The molecule has 0 aliphatic rings. The molecule has 1 nitrogen and oxygen atoms in total. The van der Waals surface area contributed by atoms with Crippen LogP contribution in [0.2, 0.25) is 5.02 Å². The van der Waals surface area contributed by atoms with Gasteiger partial charge in [0.25, 0.3) is 0 Å². The standard InChI is InChI=1S/C14H21BrClNS/c1-4-17-13(9-18-10(2)3)7-11-5-6-12(15)8-14(11)16/h5-6,8,10,13,17H,4,7,9H2,1-3H3. The van der Waals surface area contributed by atoms with Crippen LogP contribution in [-0.2, 0) is 6.42 Å². The van der Waals surface area contributed by atoms with Gasteiger partial charge in [0.15, 0.2) is 0 Å². The summed E-state index contributed by atoms with van der Waals surface area (Å²) in [7, 11) is 0. The largest absolute Gasteiger partial charge is 0.313 e. The lowest BCUT2D eigenvalue weighted by molar-refractivity contribution is 0.572. The zero-order valence-electron chi connectivity index (χ0n) is 11.2. The van der Waals surface area contributed by atoms with Crippen LogP contribution < -0.4 is 5.32 Å². The summed E-state index contributed by atoms with van der Waals surface area (Å²) in [6, 6.07) is 6.62. The summed E-state index contributed by atoms with van der Waals surface area (Å²) in [6.45, 7) is 7.62. The van der Waals surface area contributed by atoms with Gasteiger partial charge >= 0.3 is 0 Å². The summed E-state index contributed by atoms with van der Waals surface area (Å²) in [5, 5.41) is 5.06. The first-order valence-electron chi connectivity index (χ1n) is 6.31. The van der Waals surface area contributed by atoms with Gasteiger partial charge < -0.3 is 5.32 Å². The maximum atomic E-state index is 6.27. The summed E-state index contributed by atoms with van der Waals surface area (Å²) in [4.78, 5) is 0. The first kappa shape index (κ1) is 16.4. The molecule has 18 heavy (non-hydrogen) atoms. The summed E-state index contributed by atoms with van der Waals surface area (Å²) in [6.07, 6.45) is 0.986. The number of benzene rings is 1. The summed E-state index contributed by atoms with van der Waals surface area (Å²) in [5.41, 5.74) is 1.22. The molecule has 1 aromatic carbocycles. The molecule has 0 fully saturated rings. The SMILES string of the molecule is CCNC(CSC(C)C)Cc1ccc(Br)cc1Cl. The molecule has 0 heterocycles. The maximum Gasteiger partial charge on any atom is 0.0449 e. The van der Waals surface area contributed by atoms with Gasteiger partial charge in [-0.1, -0.05) is 54.4 Å². The lowest BCUT2D eigenvalue weighted by atomic mass is 10.1. The number of hydrogen-bond donors (Lipinski definition) is 1. The van der Waals surface area contributed by atoms with E-state index in [-0.39, 0.29) is 0 Å². The maximum absolute atomic E-state index is 6.27. The molecule has 1 N–H and O–H groups in total. The van der Waals surface area contributed by atoms with Crippen LogP contribution in [-0.4, -0.2) is 23.6 Å². The van der Waals surface area contributed by atoms with E-state index in [1.165, 1.54) is 5.56 Å². The first-order chi connectivity index (χ1) is 8.52. The molecule has 0 saturated heterocycles. The minimum atomic E-state index is 0.487. The molecule has 0 aromatic heterocycles. The lowest BCUT2D eigenvalue weighted by Crippen LogP contribution is -2.33. The van der Waals surface area contributed by atoms with Gasteiger partial charge in [-0.25, -0.2) is 0 Å². The predicted molar refractivity (Wildman–Crippen MR) is 87.9 cm³/mol. The Kier molecular flexibility index (Phi) is 7.69. The molecule has 0 aliphatic heterocycles. The summed E-state index contributed by atoms with van der Waals surface area (Å²) >= 11 is 11.7. The number of halogens is 2. The molecular formula is C14H21BrClNS. The third-order valence-electron chi connectivity index (χ3n) is 2.60. The lowest BCUT2D eigenvalue weighted by Gasteiger charge is -2.19. The van der Waals surface area contributed by atoms with Crippen molar-refractivity contribution in [3.05, 3.63) is 33.3 Å². The van der Waals surface area contributed by atoms with E-state index in [1.807, 2.05) is 17.8 Å². The molecule has 0 radical (unpaired) electrons. The quantitative estimate of drug-likeness (QED) is 0.760. The van der Waals surface area contributed by atoms with E-state index in [0.717, 1.165) is 28.2 Å². The zero-order valence-corrected chi connectivity index (χ0v) is 14.3. The molecule has 0 bridgehead atoms. The monoisotopic (exact) mass is 349 g/mol. The molecule has 0 aliphatic carbocycles. The fraction of sp³-hybridized carbons (Fsp3) is 0.571. The minimum Gasteiger partial charge on any atom is -0.313 e. The van der Waals surface area contributed by atoms with E-state index >= 15 is 0 Å². The predicted octanol–water partition coefficient (Wildman–Crippen LogP) is 4.76. The Hall–Kier alpha value is 0.300. The molecular weight excluding hydrogens is 330 g/mol. The van der Waals surface area contributed by atoms with Crippen LogP contribution >= 0.6 is 39.3 Å². The Bertz CT molecular complexity index is 371. The highest BCUT2D eigenvalue weighted by atomic mass is 79.9. The Morgan fingerprint density at radius 3 is 2.67 bits per heavy atom. The van der Waals surface area contributed by atoms with Crippen LogP contribution in [0.3, 0.4) is 0 Å². The van der Waals surface area contributed by atoms with Gasteiger partial charge in [-0.05, 0) is 35.9 Å². The van der Waals surface area contributed by atoms with Gasteiger partial charge in [0, 0.05) is 21.3 Å². The molecule has 4 heteroatoms. The van der Waals surface area contributed by atoms with Gasteiger partial charge in [0.2, 0.25) is 0 Å². The van der Waals surface area contributed by atoms with Crippen LogP contribution in [0.15, 0.2) is 22.7 Å². The highest BCUT2D eigenvalue weighted by Gasteiger charge is 2.12. The Labute approximate surface area is 128 Å². The second-order valence-corrected chi connectivity index (χ2v) is 7.51. The summed E-state index contributed by atoms with van der Waals surface area (Å²) < 4.78 is 1.04. The van der Waals surface area contributed by atoms with Gasteiger partial charge in [-0.3, -0.25) is 0 Å². The van der Waals surface area contributed by atoms with Crippen molar-refractivity contribution in [2.45, 2.75) is 38.5 Å². The fourth-order valence-corrected chi connectivity index (χ4v) is 3.34. The molecule has 1 unspecified atom stereocenters. The minimum absolute atomic E-state index is 0.487. The molecule has 1 atom stereocenters. The Balaban J connectivity index is 2.64. The number of hydrogen-bond acceptors (Lipinski definition) is 2. The van der Waals surface area contributed by atoms with Crippen molar-refractivity contribution < 1.29 is 0 Å². The number of likely N-dealkylation sites (N-methyl/N-ethyl adjacent to an activating group) is 1. The van der Waals surface area contributed by atoms with Crippen LogP contribution in [0.4, 0.5) is 0 Å². The average Bonchev–Trinajstić information content (AvgIpc) is 2.29. The van der Waals surface area contributed by atoms with E-state index in [4.69, 9.17) is 11.6 Å². The van der Waals surface area contributed by atoms with Crippen molar-refractivity contribution in [3.8, 4) is 0 Å². The van der Waals surface area contributed by atoms with E-state index in [2.05, 4.69) is 54.2 Å². The molecule has 0 spiro atoms. The normalized spacial score (nSPS) is 13.0. The number of rotatable bonds is 7. The Morgan fingerprint density at radius 2 is 2.11 bits per heavy atom. The third kappa shape index (κ3) is 5.96. The van der Waals surface area contributed by atoms with E-state index in [9.17, 15) is 0 Å². The van der Waals surface area contributed by atoms with Gasteiger partial charge in [0.05, 0.1) is 0 Å². The fourth-order valence-electron chi connectivity index (χ4n) is 1.74. The third-order valence-corrected chi connectivity index (χ3v) is 4.71. The van der Waals surface area contributed by atoms with Crippen molar-refractivity contribution in [2.75, 3.05) is 12.3 Å². The molecule has 0 saturated carbocycles. The topological polar surface area (TPSA) is 12.0 Å². The van der Waals surface area contributed by atoms with E-state index in [0.29, 0.717) is 11.3 Å². The average molecular weight is 351 g/mol. The van der Waals surface area contributed by atoms with E-state index < -0.39 is 0 Å². The molecule has 1 rings (SSSR count). The first-order valence-corrected chi connectivity index (χ1v) is 8.53. The van der Waals surface area contributed by atoms with Crippen molar-refractivity contribution in [1.82, 2.24) is 5.32 Å². The second kappa shape index (κ2) is 8.47. The van der Waals surface area contributed by atoms with Gasteiger partial charge in [0.1, 0.15) is 0 Å². The summed E-state index contributed by atoms with van der Waals surface area (Å²) in [5.74, 6) is 1.12. The van der Waals surface area contributed by atoms with Crippen molar-refractivity contribution in [2.24, 2.45) is 0 Å². The zero-order chi connectivity index (χ0) is 13.5. The Morgan fingerprint density at radius 1 is 1.39 bits per heavy atom. The van der Waals surface area contributed by atoms with Crippen molar-refractivity contribution in [1.29, 1.82) is 0 Å².